The lowest BCUT2D eigenvalue weighted by molar-refractivity contribution is 0.439. The van der Waals surface area contributed by atoms with Crippen LogP contribution in [0.4, 0.5) is 0 Å². The van der Waals surface area contributed by atoms with E-state index < -0.39 is 0 Å². The fourth-order valence-corrected chi connectivity index (χ4v) is 9.18. The molecule has 2 heterocycles. The molecule has 0 saturated carbocycles. The van der Waals surface area contributed by atoms with Gasteiger partial charge in [-0.05, 0) is 133 Å². The van der Waals surface area contributed by atoms with Crippen molar-refractivity contribution in [1.82, 2.24) is 30.0 Å². The van der Waals surface area contributed by atoms with Crippen LogP contribution in [-0.2, 0) is 10.8 Å². The molecule has 0 saturated heterocycles. The normalized spacial score (nSPS) is 12.2. The molecule has 0 bridgehead atoms. The van der Waals surface area contributed by atoms with E-state index in [4.69, 9.17) is 10.2 Å². The van der Waals surface area contributed by atoms with Crippen molar-refractivity contribution < 1.29 is 10.2 Å². The first-order chi connectivity index (χ1) is 27.1. The van der Waals surface area contributed by atoms with Gasteiger partial charge in [0, 0.05) is 40.5 Å². The summed E-state index contributed by atoms with van der Waals surface area (Å²) in [6, 6.07) is 37.3. The third-order valence-corrected chi connectivity index (χ3v) is 12.6. The molecule has 0 fully saturated rings. The van der Waals surface area contributed by atoms with E-state index in [0.717, 1.165) is 73.7 Å². The molecule has 2 aromatic heterocycles. The average molecular weight is 809 g/mol. The Labute approximate surface area is 345 Å². The van der Waals surface area contributed by atoms with E-state index in [1.807, 2.05) is 62.4 Å². The van der Waals surface area contributed by atoms with Crippen molar-refractivity contribution in [3.05, 3.63) is 131 Å². The third-order valence-electron chi connectivity index (χ3n) is 9.57. The van der Waals surface area contributed by atoms with E-state index >= 15 is 0 Å². The van der Waals surface area contributed by atoms with Crippen LogP contribution in [0.25, 0.3) is 33.4 Å². The van der Waals surface area contributed by atoms with Crippen molar-refractivity contribution in [1.29, 1.82) is 0 Å². The van der Waals surface area contributed by atoms with E-state index in [1.165, 1.54) is 0 Å². The number of hydrogen-bond donors (Lipinski definition) is 2. The topological polar surface area (TPSA) is 102 Å². The Morgan fingerprint density at radius 2 is 0.702 bits per heavy atom. The molecule has 0 radical (unpaired) electrons. The van der Waals surface area contributed by atoms with Gasteiger partial charge in [-0.3, -0.25) is 0 Å². The summed E-state index contributed by atoms with van der Waals surface area (Å²) in [7, 11) is 0. The lowest BCUT2D eigenvalue weighted by atomic mass is 9.85. The molecule has 0 aliphatic rings. The van der Waals surface area contributed by atoms with Gasteiger partial charge in [0.15, 0.2) is 0 Å². The minimum atomic E-state index is -0.212. The summed E-state index contributed by atoms with van der Waals surface area (Å²) in [6.07, 6.45) is 0. The number of nitrogens with zero attached hydrogens (tertiary/aromatic N) is 6. The first-order valence-electron chi connectivity index (χ1n) is 18.7. The molecular formula is C46H44N6O2S3. The average Bonchev–Trinajstić information content (AvgIpc) is 3.78. The highest BCUT2D eigenvalue weighted by atomic mass is 32.2. The maximum Gasteiger partial charge on any atom is 0.146 e. The lowest BCUT2D eigenvalue weighted by Crippen LogP contribution is -2.13. The number of rotatable bonds is 8. The zero-order valence-electron chi connectivity index (χ0n) is 33.2. The largest absolute Gasteiger partial charge is 0.505 e. The number of aromatic nitrogens is 6. The van der Waals surface area contributed by atoms with Crippen LogP contribution in [0.15, 0.2) is 139 Å². The Balaban J connectivity index is 0.912. The molecule has 6 aromatic carbocycles. The van der Waals surface area contributed by atoms with Crippen LogP contribution in [0.5, 0.6) is 11.5 Å². The van der Waals surface area contributed by atoms with E-state index in [-0.39, 0.29) is 22.3 Å². The molecule has 0 aliphatic heterocycles. The zero-order valence-corrected chi connectivity index (χ0v) is 35.6. The highest BCUT2D eigenvalue weighted by Gasteiger charge is 2.24. The maximum absolute atomic E-state index is 11.1. The van der Waals surface area contributed by atoms with Gasteiger partial charge in [0.1, 0.15) is 44.9 Å². The molecule has 0 atom stereocenters. The second-order valence-corrected chi connectivity index (χ2v) is 19.8. The third kappa shape index (κ3) is 8.28. The molecule has 288 valence electrons. The minimum Gasteiger partial charge on any atom is -0.505 e. The van der Waals surface area contributed by atoms with Gasteiger partial charge >= 0.3 is 0 Å². The number of hydrogen-bond acceptors (Lipinski definition) is 9. The Hall–Kier alpha value is -5.23. The Kier molecular flexibility index (Phi) is 10.1. The van der Waals surface area contributed by atoms with Gasteiger partial charge in [-0.15, -0.1) is 30.0 Å². The SMILES string of the molecule is Cc1cc(-n2nc3ccc(Sc4ccc(Sc5ccc(Sc6ccc7nn(-c8cc(C)cc(C(C)(C)C)c8O)nc7c6)cc5)cc4)cc3n2)c(O)c(C(C)(C)C)c1. The number of fused-ring (bicyclic) bond motifs is 2. The molecule has 0 spiro atoms. The van der Waals surface area contributed by atoms with E-state index in [9.17, 15) is 10.2 Å². The van der Waals surface area contributed by atoms with Crippen LogP contribution in [-0.4, -0.2) is 40.2 Å². The first kappa shape index (κ1) is 38.6. The molecule has 11 heteroatoms. The second-order valence-electron chi connectivity index (χ2n) is 16.4. The van der Waals surface area contributed by atoms with Crippen molar-refractivity contribution in [2.24, 2.45) is 0 Å². The van der Waals surface area contributed by atoms with Crippen LogP contribution in [0.1, 0.15) is 63.8 Å². The van der Waals surface area contributed by atoms with Gasteiger partial charge in [0.05, 0.1) is 0 Å². The summed E-state index contributed by atoms with van der Waals surface area (Å²) in [5, 5.41) is 41.1. The monoisotopic (exact) mass is 808 g/mol. The van der Waals surface area contributed by atoms with Gasteiger partial charge in [-0.25, -0.2) is 0 Å². The lowest BCUT2D eigenvalue weighted by Gasteiger charge is -2.22. The first-order valence-corrected chi connectivity index (χ1v) is 21.2. The maximum atomic E-state index is 11.1. The molecule has 0 unspecified atom stereocenters. The predicted molar refractivity (Wildman–Crippen MR) is 233 cm³/mol. The van der Waals surface area contributed by atoms with E-state index in [1.54, 1.807) is 44.9 Å². The van der Waals surface area contributed by atoms with Gasteiger partial charge in [0.25, 0.3) is 0 Å². The van der Waals surface area contributed by atoms with Gasteiger partial charge in [-0.2, -0.15) is 0 Å². The highest BCUT2D eigenvalue weighted by Crippen LogP contribution is 2.39. The van der Waals surface area contributed by atoms with Crippen molar-refractivity contribution in [3.63, 3.8) is 0 Å². The molecule has 8 nitrogen and oxygen atoms in total. The Bertz CT molecular complexity index is 2590. The molecular weight excluding hydrogens is 765 g/mol. The molecule has 2 N–H and O–H groups in total. The second kappa shape index (κ2) is 14.9. The summed E-state index contributed by atoms with van der Waals surface area (Å²) >= 11 is 5.09. The van der Waals surface area contributed by atoms with Crippen molar-refractivity contribution in [3.8, 4) is 22.9 Å². The minimum absolute atomic E-state index is 0.212. The summed E-state index contributed by atoms with van der Waals surface area (Å²) in [6.45, 7) is 16.6. The number of aryl methyl sites for hydroxylation is 2. The summed E-state index contributed by atoms with van der Waals surface area (Å²) in [4.78, 5) is 9.80. The van der Waals surface area contributed by atoms with Crippen LogP contribution in [0.2, 0.25) is 0 Å². The number of benzene rings is 6. The van der Waals surface area contributed by atoms with Gasteiger partial charge in [-0.1, -0.05) is 89.0 Å². The van der Waals surface area contributed by atoms with Crippen LogP contribution in [0, 0.1) is 13.8 Å². The van der Waals surface area contributed by atoms with Crippen LogP contribution >= 0.6 is 35.3 Å². The quantitative estimate of drug-likeness (QED) is 0.155. The van der Waals surface area contributed by atoms with Crippen molar-refractivity contribution in [2.75, 3.05) is 0 Å². The Morgan fingerprint density at radius 3 is 1.04 bits per heavy atom. The molecule has 0 amide bonds. The Morgan fingerprint density at radius 1 is 0.404 bits per heavy atom. The molecule has 8 aromatic rings. The van der Waals surface area contributed by atoms with Gasteiger partial charge < -0.3 is 10.2 Å². The summed E-state index contributed by atoms with van der Waals surface area (Å²) in [5.41, 5.74) is 7.68. The smallest absolute Gasteiger partial charge is 0.146 e. The van der Waals surface area contributed by atoms with Crippen molar-refractivity contribution >= 4 is 57.4 Å². The van der Waals surface area contributed by atoms with Crippen molar-refractivity contribution in [2.45, 2.75) is 95.6 Å². The van der Waals surface area contributed by atoms with Crippen LogP contribution in [0.3, 0.4) is 0 Å². The molecule has 8 rings (SSSR count). The zero-order chi connectivity index (χ0) is 40.2. The van der Waals surface area contributed by atoms with Gasteiger partial charge in [0.2, 0.25) is 0 Å². The number of phenolic OH excluding ortho intramolecular Hbond substituents is 2. The van der Waals surface area contributed by atoms with E-state index in [0.29, 0.717) is 11.4 Å². The standard InChI is InChI=1S/C46H44N6O2S3/c1-27-21-35(45(3,4)5)43(53)41(23-27)51-47-37-19-17-33(25-39(37)49-51)56-31-13-9-29(10-14-31)55-30-11-15-32(16-12-30)57-34-18-20-38-40(26-34)50-52(48-38)42-24-28(2)22-36(44(42)54)46(6,7)8/h9-26,53-54H,1-8H3. The molecule has 0 aliphatic carbocycles. The molecule has 57 heavy (non-hydrogen) atoms. The van der Waals surface area contributed by atoms with Crippen LogP contribution < -0.4 is 0 Å². The highest BCUT2D eigenvalue weighted by molar-refractivity contribution is 8.00. The number of aromatic hydroxyl groups is 2. The summed E-state index contributed by atoms with van der Waals surface area (Å²) < 4.78 is 0. The fourth-order valence-electron chi connectivity index (χ4n) is 6.66. The summed E-state index contributed by atoms with van der Waals surface area (Å²) in [5.74, 6) is 0.424. The fraction of sp³-hybridized carbons (Fsp3) is 0.217. The number of phenols is 2. The van der Waals surface area contributed by atoms with E-state index in [2.05, 4.69) is 112 Å². The predicted octanol–water partition coefficient (Wildman–Crippen LogP) is 12.2.